The van der Waals surface area contributed by atoms with Crippen LogP contribution in [-0.4, -0.2) is 81.2 Å². The number of ether oxygens (including phenoxy) is 2. The summed E-state index contributed by atoms with van der Waals surface area (Å²) in [7, 11) is 1.03. The zero-order valence-electron chi connectivity index (χ0n) is 34.7. The topological polar surface area (TPSA) is 131 Å². The lowest BCUT2D eigenvalue weighted by Crippen LogP contribution is -2.37. The van der Waals surface area contributed by atoms with Crippen molar-refractivity contribution in [2.24, 2.45) is 0 Å². The lowest BCUT2D eigenvalue weighted by atomic mass is 10.1. The molecule has 11 heteroatoms. The summed E-state index contributed by atoms with van der Waals surface area (Å²) in [6, 6.07) is 0. The van der Waals surface area contributed by atoms with Crippen molar-refractivity contribution in [2.45, 2.75) is 135 Å². The van der Waals surface area contributed by atoms with Crippen molar-refractivity contribution in [3.63, 3.8) is 0 Å². The third kappa shape index (κ3) is 39.2. The second-order valence-corrected chi connectivity index (χ2v) is 15.9. The molecule has 0 saturated heterocycles. The molecule has 1 N–H and O–H groups in total. The number of likely N-dealkylation sites (N-methyl/N-ethyl adjacent to an activating group) is 1. The third-order valence-corrected chi connectivity index (χ3v) is 8.96. The van der Waals surface area contributed by atoms with Crippen molar-refractivity contribution in [1.82, 2.24) is 0 Å². The predicted molar refractivity (Wildman–Crippen MR) is 223 cm³/mol. The van der Waals surface area contributed by atoms with Crippen molar-refractivity contribution >= 4 is 19.8 Å². The molecule has 0 saturated carbocycles. The average Bonchev–Trinajstić information content (AvgIpc) is 3.12. The molecule has 0 aromatic heterocycles. The number of esters is 2. The molecule has 314 valence electrons. The Kier molecular flexibility index (Phi) is 33.7. The maximum absolute atomic E-state index is 12.6. The number of allylic oxidation sites excluding steroid dienone is 12. The number of carbonyl (C=O) groups is 2. The van der Waals surface area contributed by atoms with Crippen LogP contribution in [0.5, 0.6) is 0 Å². The van der Waals surface area contributed by atoms with E-state index in [9.17, 15) is 24.2 Å². The van der Waals surface area contributed by atoms with Crippen molar-refractivity contribution in [1.29, 1.82) is 0 Å². The van der Waals surface area contributed by atoms with Crippen LogP contribution in [0, 0.1) is 0 Å². The van der Waals surface area contributed by atoms with Crippen molar-refractivity contribution in [2.75, 3.05) is 47.5 Å². The highest BCUT2D eigenvalue weighted by Gasteiger charge is 2.21. The fraction of sp³-hybridized carbons (Fsp3) is 0.636. The predicted octanol–water partition coefficient (Wildman–Crippen LogP) is 9.58. The standard InChI is InChI=1S/C44H74NO9P/c1-6-8-10-12-14-16-18-19-21-22-24-26-29-33-41(46)34-30-28-32-36-44(48)54-42(40-53-55(49,50)52-38-37-45(3,4)5)39-51-43(47)35-31-27-25-23-20-17-15-13-11-9-7-2/h8,10,13-16,19,21,24,26,28-30,33,41-42,46H,6-7,9,11-12,17-18,20,22-23,25,27,31-32,34-40H2,1-5H3/b10-8-,15-13-,16-14-,21-19-,26-24-,30-28-,33-29-/t41?,42-/m1/s1. The molecule has 0 bridgehead atoms. The molecule has 0 aliphatic rings. The largest absolute Gasteiger partial charge is 0.756 e. The number of carbonyl (C=O) groups excluding carboxylic acids is 2. The zero-order chi connectivity index (χ0) is 40.9. The summed E-state index contributed by atoms with van der Waals surface area (Å²) in [6.45, 7) is 3.81. The van der Waals surface area contributed by atoms with Crippen molar-refractivity contribution in [3.8, 4) is 0 Å². The minimum atomic E-state index is -4.68. The first-order valence-electron chi connectivity index (χ1n) is 20.4. The molecule has 0 aliphatic carbocycles. The number of phosphoric acid groups is 1. The normalized spacial score (nSPS) is 15.1. The molecule has 0 fully saturated rings. The number of rotatable bonds is 35. The van der Waals surface area contributed by atoms with Gasteiger partial charge in [0.1, 0.15) is 19.8 Å². The van der Waals surface area contributed by atoms with Crippen LogP contribution in [0.15, 0.2) is 85.1 Å². The Morgan fingerprint density at radius 2 is 1.31 bits per heavy atom. The van der Waals surface area contributed by atoms with Crippen molar-refractivity contribution in [3.05, 3.63) is 85.1 Å². The minimum Gasteiger partial charge on any atom is -0.756 e. The van der Waals surface area contributed by atoms with E-state index >= 15 is 0 Å². The first-order valence-corrected chi connectivity index (χ1v) is 21.9. The fourth-order valence-corrected chi connectivity index (χ4v) is 5.47. The summed E-state index contributed by atoms with van der Waals surface area (Å²) in [5, 5.41) is 10.2. The number of hydrogen-bond acceptors (Lipinski definition) is 9. The highest BCUT2D eigenvalue weighted by molar-refractivity contribution is 7.45. The smallest absolute Gasteiger partial charge is 0.306 e. The van der Waals surface area contributed by atoms with Gasteiger partial charge < -0.3 is 33.0 Å². The fourth-order valence-electron chi connectivity index (χ4n) is 4.74. The van der Waals surface area contributed by atoms with Crippen LogP contribution in [0.25, 0.3) is 0 Å². The highest BCUT2D eigenvalue weighted by Crippen LogP contribution is 2.38. The van der Waals surface area contributed by atoms with E-state index in [1.54, 1.807) is 18.2 Å². The quantitative estimate of drug-likeness (QED) is 0.0167. The molecular weight excluding hydrogens is 717 g/mol. The summed E-state index contributed by atoms with van der Waals surface area (Å²) in [5.41, 5.74) is 0. The Hall–Kier alpha value is -2.85. The minimum absolute atomic E-state index is 0.0123. The van der Waals surface area contributed by atoms with Crippen molar-refractivity contribution < 1.29 is 47.2 Å². The molecule has 0 amide bonds. The maximum Gasteiger partial charge on any atom is 0.306 e. The number of aliphatic hydroxyl groups is 1. The first-order chi connectivity index (χ1) is 26.4. The van der Waals surface area contributed by atoms with Gasteiger partial charge in [0.15, 0.2) is 6.10 Å². The van der Waals surface area contributed by atoms with E-state index in [0.29, 0.717) is 30.3 Å². The van der Waals surface area contributed by atoms with E-state index in [4.69, 9.17) is 18.5 Å². The molecule has 0 rings (SSSR count). The second kappa shape index (κ2) is 35.6. The third-order valence-electron chi connectivity index (χ3n) is 7.99. The molecular formula is C44H74NO9P. The van der Waals surface area contributed by atoms with Crippen LogP contribution in [-0.2, 0) is 32.7 Å². The molecule has 0 aromatic rings. The number of hydrogen-bond donors (Lipinski definition) is 1. The van der Waals surface area contributed by atoms with Gasteiger partial charge in [0.05, 0.1) is 33.9 Å². The Labute approximate surface area is 333 Å². The number of nitrogens with zero attached hydrogens (tertiary/aromatic N) is 1. The molecule has 0 aromatic carbocycles. The Bertz CT molecular complexity index is 1230. The Morgan fingerprint density at radius 1 is 0.691 bits per heavy atom. The lowest BCUT2D eigenvalue weighted by Gasteiger charge is -2.28. The van der Waals surface area contributed by atoms with Gasteiger partial charge >= 0.3 is 11.9 Å². The summed E-state index contributed by atoms with van der Waals surface area (Å²) >= 11 is 0. The Balaban J connectivity index is 4.66. The van der Waals surface area contributed by atoms with Gasteiger partial charge in [-0.2, -0.15) is 0 Å². The van der Waals surface area contributed by atoms with Crippen LogP contribution in [0.4, 0.5) is 0 Å². The van der Waals surface area contributed by atoms with E-state index in [-0.39, 0.29) is 26.1 Å². The van der Waals surface area contributed by atoms with Crippen LogP contribution >= 0.6 is 7.82 Å². The van der Waals surface area contributed by atoms with Gasteiger partial charge in [-0.1, -0.05) is 131 Å². The molecule has 0 radical (unpaired) electrons. The van der Waals surface area contributed by atoms with E-state index in [2.05, 4.69) is 62.5 Å². The monoisotopic (exact) mass is 792 g/mol. The molecule has 0 aliphatic heterocycles. The molecule has 10 nitrogen and oxygen atoms in total. The highest BCUT2D eigenvalue weighted by atomic mass is 31.2. The van der Waals surface area contributed by atoms with Crippen LogP contribution < -0.4 is 4.89 Å². The first kappa shape index (κ1) is 52.2. The van der Waals surface area contributed by atoms with Crippen LogP contribution in [0.1, 0.15) is 123 Å². The van der Waals surface area contributed by atoms with E-state index < -0.39 is 38.6 Å². The van der Waals surface area contributed by atoms with Gasteiger partial charge in [0, 0.05) is 12.8 Å². The summed E-state index contributed by atoms with van der Waals surface area (Å²) in [5.74, 6) is -1.04. The average molecular weight is 792 g/mol. The van der Waals surface area contributed by atoms with Crippen LogP contribution in [0.3, 0.4) is 0 Å². The van der Waals surface area contributed by atoms with Gasteiger partial charge in [0.2, 0.25) is 0 Å². The lowest BCUT2D eigenvalue weighted by molar-refractivity contribution is -0.870. The van der Waals surface area contributed by atoms with E-state index in [1.165, 1.54) is 12.8 Å². The van der Waals surface area contributed by atoms with Gasteiger partial charge in [-0.3, -0.25) is 14.2 Å². The van der Waals surface area contributed by atoms with E-state index in [1.807, 2.05) is 39.4 Å². The number of aliphatic hydroxyl groups excluding tert-OH is 1. The molecule has 0 spiro atoms. The Morgan fingerprint density at radius 3 is 1.98 bits per heavy atom. The van der Waals surface area contributed by atoms with Gasteiger partial charge in [0.25, 0.3) is 7.82 Å². The summed E-state index contributed by atoms with van der Waals surface area (Å²) < 4.78 is 33.6. The van der Waals surface area contributed by atoms with E-state index in [0.717, 1.165) is 64.2 Å². The van der Waals surface area contributed by atoms with Gasteiger partial charge in [-0.05, 0) is 64.2 Å². The number of unbranched alkanes of at least 4 members (excludes halogenated alkanes) is 7. The summed E-state index contributed by atoms with van der Waals surface area (Å²) in [6.07, 6.45) is 40.8. The molecule has 3 atom stereocenters. The molecule has 0 heterocycles. The zero-order valence-corrected chi connectivity index (χ0v) is 35.6. The second-order valence-electron chi connectivity index (χ2n) is 14.5. The van der Waals surface area contributed by atoms with Gasteiger partial charge in [-0.15, -0.1) is 0 Å². The van der Waals surface area contributed by atoms with Crippen LogP contribution in [0.2, 0.25) is 0 Å². The number of phosphoric ester groups is 1. The maximum atomic E-state index is 12.6. The SMILES string of the molecule is CC/C=C\C/C=C\C/C=C\C/C=C\C=C/C(O)C/C=C\CCC(=O)O[C@H](COC(=O)CCCCCCC/C=C\CCCC)COP(=O)([O-])OCC[N+](C)(C)C. The summed E-state index contributed by atoms with van der Waals surface area (Å²) in [4.78, 5) is 37.4. The molecule has 55 heavy (non-hydrogen) atoms. The number of quaternary nitrogens is 1. The molecule has 2 unspecified atom stereocenters. The van der Waals surface area contributed by atoms with Gasteiger partial charge in [-0.25, -0.2) is 0 Å².